The van der Waals surface area contributed by atoms with Gasteiger partial charge in [-0.2, -0.15) is 0 Å². The standard InChI is InChI=1S/C16H21N3O2/c1-2-19(9-13(17)18-21)16(20)15-12-8-7-10-5-3-4-6-11(10)14(12)15/h3-6,12,14-15,21H,2,7-9H2,1H3,(H2,17,18). The highest BCUT2D eigenvalue weighted by Crippen LogP contribution is 2.60. The molecule has 0 aromatic heterocycles. The second-order valence-electron chi connectivity index (χ2n) is 5.90. The first kappa shape index (κ1) is 13.9. The Kier molecular flexibility index (Phi) is 3.57. The lowest BCUT2D eigenvalue weighted by Crippen LogP contribution is -2.39. The van der Waals surface area contributed by atoms with Gasteiger partial charge in [-0.15, -0.1) is 0 Å². The first-order chi connectivity index (χ1) is 10.2. The maximum atomic E-state index is 12.7. The Hall–Kier alpha value is -2.04. The maximum absolute atomic E-state index is 12.7. The number of amidine groups is 1. The van der Waals surface area contributed by atoms with Crippen LogP contribution in [0.15, 0.2) is 29.4 Å². The quantitative estimate of drug-likeness (QED) is 0.382. The lowest BCUT2D eigenvalue weighted by Gasteiger charge is -2.20. The van der Waals surface area contributed by atoms with Gasteiger partial charge in [-0.1, -0.05) is 29.4 Å². The Morgan fingerprint density at radius 3 is 2.95 bits per heavy atom. The van der Waals surface area contributed by atoms with Crippen LogP contribution in [-0.4, -0.2) is 34.9 Å². The predicted molar refractivity (Wildman–Crippen MR) is 80.1 cm³/mol. The third-order valence-electron chi connectivity index (χ3n) is 4.79. The third kappa shape index (κ3) is 2.37. The summed E-state index contributed by atoms with van der Waals surface area (Å²) in [7, 11) is 0. The molecule has 0 bridgehead atoms. The number of benzene rings is 1. The highest BCUT2D eigenvalue weighted by atomic mass is 16.4. The molecule has 21 heavy (non-hydrogen) atoms. The van der Waals surface area contributed by atoms with Gasteiger partial charge in [0, 0.05) is 12.5 Å². The van der Waals surface area contributed by atoms with Gasteiger partial charge in [0.1, 0.15) is 0 Å². The Morgan fingerprint density at radius 2 is 2.24 bits per heavy atom. The molecule has 112 valence electrons. The van der Waals surface area contributed by atoms with E-state index in [-0.39, 0.29) is 24.2 Å². The minimum Gasteiger partial charge on any atom is -0.409 e. The molecule has 0 spiro atoms. The van der Waals surface area contributed by atoms with Crippen LogP contribution in [0, 0.1) is 11.8 Å². The van der Waals surface area contributed by atoms with Crippen molar-refractivity contribution in [3.63, 3.8) is 0 Å². The average Bonchev–Trinajstić information content (AvgIpc) is 3.26. The molecule has 1 aromatic carbocycles. The maximum Gasteiger partial charge on any atom is 0.227 e. The van der Waals surface area contributed by atoms with E-state index in [1.807, 2.05) is 6.92 Å². The second kappa shape index (κ2) is 5.39. The number of oxime groups is 1. The minimum atomic E-state index is 0.0695. The molecular formula is C16H21N3O2. The molecule has 3 N–H and O–H groups in total. The molecular weight excluding hydrogens is 266 g/mol. The second-order valence-corrected chi connectivity index (χ2v) is 5.90. The van der Waals surface area contributed by atoms with E-state index in [2.05, 4.69) is 29.4 Å². The lowest BCUT2D eigenvalue weighted by molar-refractivity contribution is -0.132. The van der Waals surface area contributed by atoms with Crippen molar-refractivity contribution in [3.8, 4) is 0 Å². The molecule has 5 heteroatoms. The molecule has 2 aliphatic rings. The van der Waals surface area contributed by atoms with Crippen molar-refractivity contribution in [1.82, 2.24) is 4.90 Å². The molecule has 0 saturated heterocycles. The van der Waals surface area contributed by atoms with E-state index in [0.29, 0.717) is 18.4 Å². The number of amides is 1. The average molecular weight is 287 g/mol. The van der Waals surface area contributed by atoms with E-state index in [9.17, 15) is 4.79 Å². The predicted octanol–water partition coefficient (Wildman–Crippen LogP) is 1.56. The molecule has 1 amide bonds. The Balaban J connectivity index is 1.76. The van der Waals surface area contributed by atoms with Crippen LogP contribution < -0.4 is 5.73 Å². The van der Waals surface area contributed by atoms with Crippen LogP contribution in [0.5, 0.6) is 0 Å². The van der Waals surface area contributed by atoms with Gasteiger partial charge < -0.3 is 15.8 Å². The zero-order valence-corrected chi connectivity index (χ0v) is 12.2. The van der Waals surface area contributed by atoms with Crippen LogP contribution in [0.3, 0.4) is 0 Å². The highest BCUT2D eigenvalue weighted by Gasteiger charge is 2.57. The van der Waals surface area contributed by atoms with Crippen LogP contribution in [0.2, 0.25) is 0 Å². The molecule has 2 aliphatic carbocycles. The summed E-state index contributed by atoms with van der Waals surface area (Å²) < 4.78 is 0. The molecule has 0 heterocycles. The number of hydrogen-bond donors (Lipinski definition) is 2. The summed E-state index contributed by atoms with van der Waals surface area (Å²) in [5.41, 5.74) is 8.26. The first-order valence-electron chi connectivity index (χ1n) is 7.50. The molecule has 3 unspecified atom stereocenters. The molecule has 1 fully saturated rings. The van der Waals surface area contributed by atoms with Gasteiger partial charge in [0.15, 0.2) is 5.84 Å². The van der Waals surface area contributed by atoms with Crippen LogP contribution in [0.1, 0.15) is 30.4 Å². The van der Waals surface area contributed by atoms with Gasteiger partial charge in [0.05, 0.1) is 6.54 Å². The summed E-state index contributed by atoms with van der Waals surface area (Å²) in [6, 6.07) is 8.43. The summed E-state index contributed by atoms with van der Waals surface area (Å²) >= 11 is 0. The number of hydrogen-bond acceptors (Lipinski definition) is 3. The fourth-order valence-electron chi connectivity index (χ4n) is 3.69. The number of nitrogens with two attached hydrogens (primary N) is 1. The van der Waals surface area contributed by atoms with E-state index >= 15 is 0 Å². The number of fused-ring (bicyclic) bond motifs is 3. The summed E-state index contributed by atoms with van der Waals surface area (Å²) in [6.07, 6.45) is 2.15. The SMILES string of the molecule is CCN(C/C(N)=N/O)C(=O)C1C2CCc3ccccc3C21. The summed E-state index contributed by atoms with van der Waals surface area (Å²) in [4.78, 5) is 14.4. The molecule has 3 atom stereocenters. The van der Waals surface area contributed by atoms with Crippen molar-refractivity contribution >= 4 is 11.7 Å². The van der Waals surface area contributed by atoms with Crippen LogP contribution in [0.4, 0.5) is 0 Å². The Labute approximate surface area is 124 Å². The number of carbonyl (C=O) groups is 1. The Bertz CT molecular complexity index is 585. The van der Waals surface area contributed by atoms with Gasteiger partial charge in [-0.25, -0.2) is 0 Å². The number of nitrogens with zero attached hydrogens (tertiary/aromatic N) is 2. The zero-order valence-electron chi connectivity index (χ0n) is 12.2. The van der Waals surface area contributed by atoms with E-state index in [4.69, 9.17) is 10.9 Å². The molecule has 0 aliphatic heterocycles. The third-order valence-corrected chi connectivity index (χ3v) is 4.79. The van der Waals surface area contributed by atoms with Crippen LogP contribution >= 0.6 is 0 Å². The van der Waals surface area contributed by atoms with Crippen LogP contribution in [0.25, 0.3) is 0 Å². The fourth-order valence-corrected chi connectivity index (χ4v) is 3.69. The van der Waals surface area contributed by atoms with E-state index in [1.165, 1.54) is 11.1 Å². The van der Waals surface area contributed by atoms with E-state index < -0.39 is 0 Å². The summed E-state index contributed by atoms with van der Waals surface area (Å²) in [5, 5.41) is 11.6. The van der Waals surface area contributed by atoms with Crippen LogP contribution in [-0.2, 0) is 11.2 Å². The van der Waals surface area contributed by atoms with Crippen molar-refractivity contribution in [2.45, 2.75) is 25.7 Å². The van der Waals surface area contributed by atoms with Crippen molar-refractivity contribution in [2.24, 2.45) is 22.7 Å². The fraction of sp³-hybridized carbons (Fsp3) is 0.500. The minimum absolute atomic E-state index is 0.0695. The molecule has 1 saturated carbocycles. The summed E-state index contributed by atoms with van der Waals surface area (Å²) in [6.45, 7) is 2.69. The van der Waals surface area contributed by atoms with Gasteiger partial charge in [0.25, 0.3) is 0 Å². The highest BCUT2D eigenvalue weighted by molar-refractivity contribution is 5.90. The summed E-state index contributed by atoms with van der Waals surface area (Å²) in [5.74, 6) is 1.11. The lowest BCUT2D eigenvalue weighted by atomic mass is 9.92. The normalized spacial score (nSPS) is 26.7. The van der Waals surface area contributed by atoms with Gasteiger partial charge >= 0.3 is 0 Å². The number of likely N-dealkylation sites (N-methyl/N-ethyl adjacent to an activating group) is 1. The van der Waals surface area contributed by atoms with Crippen molar-refractivity contribution < 1.29 is 10.0 Å². The van der Waals surface area contributed by atoms with E-state index in [0.717, 1.165) is 12.8 Å². The zero-order chi connectivity index (χ0) is 15.0. The first-order valence-corrected chi connectivity index (χ1v) is 7.50. The number of carbonyl (C=O) groups excluding carboxylic acids is 1. The number of rotatable bonds is 4. The monoisotopic (exact) mass is 287 g/mol. The van der Waals surface area contributed by atoms with Gasteiger partial charge in [0.2, 0.25) is 5.91 Å². The largest absolute Gasteiger partial charge is 0.409 e. The van der Waals surface area contributed by atoms with Gasteiger partial charge in [-0.05, 0) is 42.7 Å². The van der Waals surface area contributed by atoms with Crippen molar-refractivity contribution in [3.05, 3.63) is 35.4 Å². The van der Waals surface area contributed by atoms with Gasteiger partial charge in [-0.3, -0.25) is 4.79 Å². The molecule has 0 radical (unpaired) electrons. The topological polar surface area (TPSA) is 78.9 Å². The smallest absolute Gasteiger partial charge is 0.227 e. The molecule has 5 nitrogen and oxygen atoms in total. The molecule has 1 aromatic rings. The van der Waals surface area contributed by atoms with Crippen molar-refractivity contribution in [1.29, 1.82) is 0 Å². The number of aryl methyl sites for hydroxylation is 1. The van der Waals surface area contributed by atoms with E-state index in [1.54, 1.807) is 4.90 Å². The van der Waals surface area contributed by atoms with Crippen molar-refractivity contribution in [2.75, 3.05) is 13.1 Å². The Morgan fingerprint density at radius 1 is 1.48 bits per heavy atom. The molecule has 3 rings (SSSR count).